The van der Waals surface area contributed by atoms with Gasteiger partial charge in [0.25, 0.3) is 5.91 Å². The van der Waals surface area contributed by atoms with E-state index in [1.807, 2.05) is 0 Å². The summed E-state index contributed by atoms with van der Waals surface area (Å²) in [6.07, 6.45) is 1.32. The van der Waals surface area contributed by atoms with Crippen molar-refractivity contribution >= 4 is 11.7 Å². The summed E-state index contributed by atoms with van der Waals surface area (Å²) in [7, 11) is 1.49. The lowest BCUT2D eigenvalue weighted by molar-refractivity contribution is 0.102. The molecule has 0 aliphatic carbocycles. The summed E-state index contributed by atoms with van der Waals surface area (Å²) in [4.78, 5) is 17.8. The molecule has 24 heavy (non-hydrogen) atoms. The average Bonchev–Trinajstić information content (AvgIpc) is 3.06. The first kappa shape index (κ1) is 15.6. The van der Waals surface area contributed by atoms with Gasteiger partial charge in [0, 0.05) is 5.69 Å². The maximum absolute atomic E-state index is 12.9. The Labute approximate surface area is 137 Å². The number of methoxy groups -OCH3 is 1. The van der Waals surface area contributed by atoms with E-state index < -0.39 is 5.91 Å². The van der Waals surface area contributed by atoms with Gasteiger partial charge in [0.05, 0.1) is 19.0 Å². The van der Waals surface area contributed by atoms with Gasteiger partial charge in [-0.1, -0.05) is 0 Å². The normalized spacial score (nSPS) is 10.5. The first-order valence-electron chi connectivity index (χ1n) is 7.08. The summed E-state index contributed by atoms with van der Waals surface area (Å²) in [5, 5.41) is 10.7. The Morgan fingerprint density at radius 2 is 1.96 bits per heavy atom. The van der Waals surface area contributed by atoms with Crippen molar-refractivity contribution in [1.29, 1.82) is 0 Å². The molecule has 0 spiro atoms. The van der Waals surface area contributed by atoms with Crippen molar-refractivity contribution < 1.29 is 13.9 Å². The number of pyridine rings is 1. The Balaban J connectivity index is 1.81. The molecule has 8 heteroatoms. The molecule has 3 rings (SSSR count). The van der Waals surface area contributed by atoms with E-state index in [9.17, 15) is 9.18 Å². The third-order valence-electron chi connectivity index (χ3n) is 3.23. The van der Waals surface area contributed by atoms with Crippen LogP contribution in [0.2, 0.25) is 0 Å². The summed E-state index contributed by atoms with van der Waals surface area (Å²) < 4.78 is 18.1. The quantitative estimate of drug-likeness (QED) is 0.795. The molecule has 1 N–H and O–H groups in total. The van der Waals surface area contributed by atoms with Crippen LogP contribution in [0.4, 0.5) is 10.2 Å². The predicted octanol–water partition coefficient (Wildman–Crippen LogP) is 2.37. The highest BCUT2D eigenvalue weighted by Crippen LogP contribution is 2.22. The molecule has 3 aromatic rings. The SMILES string of the molecule is COc1ccc(C)nc1NC(=O)c1cnn(-c2ccc(F)cc2)n1. The Hall–Kier alpha value is -3.29. The van der Waals surface area contributed by atoms with Crippen LogP contribution < -0.4 is 10.1 Å². The van der Waals surface area contributed by atoms with E-state index in [2.05, 4.69) is 20.5 Å². The van der Waals surface area contributed by atoms with Crippen molar-refractivity contribution in [2.75, 3.05) is 12.4 Å². The maximum Gasteiger partial charge on any atom is 0.279 e. The van der Waals surface area contributed by atoms with Crippen molar-refractivity contribution in [1.82, 2.24) is 20.0 Å². The van der Waals surface area contributed by atoms with Crippen LogP contribution in [0.5, 0.6) is 5.75 Å². The molecule has 0 aliphatic rings. The molecule has 0 fully saturated rings. The number of nitrogens with one attached hydrogen (secondary N) is 1. The Bertz CT molecular complexity index is 876. The average molecular weight is 327 g/mol. The molecule has 0 unspecified atom stereocenters. The van der Waals surface area contributed by atoms with Crippen LogP contribution in [-0.4, -0.2) is 33.0 Å². The van der Waals surface area contributed by atoms with Gasteiger partial charge in [-0.25, -0.2) is 9.37 Å². The smallest absolute Gasteiger partial charge is 0.279 e. The number of halogens is 1. The van der Waals surface area contributed by atoms with Gasteiger partial charge in [0.1, 0.15) is 5.82 Å². The lowest BCUT2D eigenvalue weighted by Gasteiger charge is -2.08. The molecule has 0 aliphatic heterocycles. The van der Waals surface area contributed by atoms with E-state index >= 15 is 0 Å². The van der Waals surface area contributed by atoms with Crippen LogP contribution in [0, 0.1) is 12.7 Å². The predicted molar refractivity (Wildman–Crippen MR) is 84.8 cm³/mol. The third-order valence-corrected chi connectivity index (χ3v) is 3.23. The van der Waals surface area contributed by atoms with Crippen LogP contribution in [0.1, 0.15) is 16.2 Å². The number of hydrogen-bond donors (Lipinski definition) is 1. The minimum Gasteiger partial charge on any atom is -0.493 e. The largest absolute Gasteiger partial charge is 0.493 e. The molecular weight excluding hydrogens is 313 g/mol. The summed E-state index contributed by atoms with van der Waals surface area (Å²) in [6.45, 7) is 1.81. The van der Waals surface area contributed by atoms with Gasteiger partial charge in [-0.05, 0) is 43.3 Å². The van der Waals surface area contributed by atoms with Crippen LogP contribution in [0.25, 0.3) is 5.69 Å². The van der Waals surface area contributed by atoms with Crippen LogP contribution in [-0.2, 0) is 0 Å². The van der Waals surface area contributed by atoms with Gasteiger partial charge >= 0.3 is 0 Å². The van der Waals surface area contributed by atoms with Gasteiger partial charge in [0.15, 0.2) is 17.3 Å². The van der Waals surface area contributed by atoms with E-state index in [0.717, 1.165) is 5.69 Å². The second-order valence-corrected chi connectivity index (χ2v) is 4.95. The molecule has 0 bridgehead atoms. The second-order valence-electron chi connectivity index (χ2n) is 4.95. The summed E-state index contributed by atoms with van der Waals surface area (Å²) >= 11 is 0. The number of aryl methyl sites for hydroxylation is 1. The van der Waals surface area contributed by atoms with E-state index in [1.165, 1.54) is 42.4 Å². The van der Waals surface area contributed by atoms with Gasteiger partial charge < -0.3 is 10.1 Å². The molecule has 0 atom stereocenters. The monoisotopic (exact) mass is 327 g/mol. The van der Waals surface area contributed by atoms with Gasteiger partial charge in [-0.3, -0.25) is 4.79 Å². The Morgan fingerprint density at radius 1 is 1.21 bits per heavy atom. The number of rotatable bonds is 4. The first-order chi connectivity index (χ1) is 11.6. The zero-order chi connectivity index (χ0) is 17.1. The summed E-state index contributed by atoms with van der Waals surface area (Å²) in [5.41, 5.74) is 1.38. The number of hydrogen-bond acceptors (Lipinski definition) is 5. The lowest BCUT2D eigenvalue weighted by Crippen LogP contribution is -2.15. The minimum atomic E-state index is -0.472. The topological polar surface area (TPSA) is 81.9 Å². The van der Waals surface area contributed by atoms with E-state index in [0.29, 0.717) is 17.3 Å². The van der Waals surface area contributed by atoms with Gasteiger partial charge in [0.2, 0.25) is 0 Å². The number of ether oxygens (including phenoxy) is 1. The highest BCUT2D eigenvalue weighted by molar-refractivity contribution is 6.02. The number of benzene rings is 1. The summed E-state index contributed by atoms with van der Waals surface area (Å²) in [6, 6.07) is 9.11. The molecule has 2 heterocycles. The van der Waals surface area contributed by atoms with E-state index in [-0.39, 0.29) is 11.5 Å². The highest BCUT2D eigenvalue weighted by Gasteiger charge is 2.15. The molecule has 1 amide bonds. The van der Waals surface area contributed by atoms with Crippen molar-refractivity contribution in [2.24, 2.45) is 0 Å². The van der Waals surface area contributed by atoms with Crippen molar-refractivity contribution in [3.63, 3.8) is 0 Å². The number of anilines is 1. The van der Waals surface area contributed by atoms with Crippen LogP contribution in [0.15, 0.2) is 42.6 Å². The van der Waals surface area contributed by atoms with Gasteiger partial charge in [-0.2, -0.15) is 9.90 Å². The van der Waals surface area contributed by atoms with E-state index in [4.69, 9.17) is 4.74 Å². The molecule has 0 radical (unpaired) electrons. The zero-order valence-electron chi connectivity index (χ0n) is 13.0. The fourth-order valence-corrected chi connectivity index (χ4v) is 2.04. The fraction of sp³-hybridized carbons (Fsp3) is 0.125. The highest BCUT2D eigenvalue weighted by atomic mass is 19.1. The number of carbonyl (C=O) groups is 1. The van der Waals surface area contributed by atoms with Crippen molar-refractivity contribution in [3.05, 3.63) is 59.8 Å². The minimum absolute atomic E-state index is 0.102. The summed E-state index contributed by atoms with van der Waals surface area (Å²) in [5.74, 6) is -0.0834. The van der Waals surface area contributed by atoms with Crippen LogP contribution >= 0.6 is 0 Å². The third kappa shape index (κ3) is 3.22. The molecule has 122 valence electrons. The van der Waals surface area contributed by atoms with Gasteiger partial charge in [-0.15, -0.1) is 5.10 Å². The number of carbonyl (C=O) groups excluding carboxylic acids is 1. The first-order valence-corrected chi connectivity index (χ1v) is 7.08. The second kappa shape index (κ2) is 6.45. The maximum atomic E-state index is 12.9. The van der Waals surface area contributed by atoms with Crippen molar-refractivity contribution in [3.8, 4) is 11.4 Å². The lowest BCUT2D eigenvalue weighted by atomic mass is 10.3. The number of nitrogens with zero attached hydrogens (tertiary/aromatic N) is 4. The Morgan fingerprint density at radius 3 is 2.67 bits per heavy atom. The van der Waals surface area contributed by atoms with Crippen molar-refractivity contribution in [2.45, 2.75) is 6.92 Å². The molecule has 2 aromatic heterocycles. The van der Waals surface area contributed by atoms with E-state index in [1.54, 1.807) is 19.1 Å². The molecule has 0 saturated carbocycles. The fourth-order valence-electron chi connectivity index (χ4n) is 2.04. The molecule has 0 saturated heterocycles. The standard InChI is InChI=1S/C16H14FN5O2/c1-10-3-8-14(24-2)15(19-10)20-16(23)13-9-18-22(21-13)12-6-4-11(17)5-7-12/h3-9H,1-2H3,(H,19,20,23). The number of aromatic nitrogens is 4. The Kier molecular flexibility index (Phi) is 4.19. The number of amides is 1. The van der Waals surface area contributed by atoms with Crippen LogP contribution in [0.3, 0.4) is 0 Å². The molecular formula is C16H14FN5O2. The molecule has 7 nitrogen and oxygen atoms in total. The zero-order valence-corrected chi connectivity index (χ0v) is 13.0. The molecule has 1 aromatic carbocycles.